The number of anilines is 1. The number of benzene rings is 1. The average molecular weight is 285 g/mol. The first-order chi connectivity index (χ1) is 10.3. The summed E-state index contributed by atoms with van der Waals surface area (Å²) in [5.41, 5.74) is 6.45. The van der Waals surface area contributed by atoms with Gasteiger partial charge in [-0.15, -0.1) is 0 Å². The number of aromatic nitrogens is 2. The van der Waals surface area contributed by atoms with Gasteiger partial charge < -0.3 is 15.0 Å². The number of nitrogens with two attached hydrogens (primary N) is 1. The van der Waals surface area contributed by atoms with E-state index in [1.54, 1.807) is 0 Å². The van der Waals surface area contributed by atoms with E-state index in [2.05, 4.69) is 10.1 Å². The van der Waals surface area contributed by atoms with E-state index in [1.807, 2.05) is 24.3 Å². The molecule has 1 heterocycles. The van der Waals surface area contributed by atoms with Crippen LogP contribution in [-0.2, 0) is 6.61 Å². The Balaban J connectivity index is 1.42. The first kappa shape index (κ1) is 12.7. The molecule has 5 nitrogen and oxygen atoms in total. The molecule has 0 saturated heterocycles. The van der Waals surface area contributed by atoms with E-state index >= 15 is 0 Å². The van der Waals surface area contributed by atoms with Gasteiger partial charge in [-0.3, -0.25) is 0 Å². The predicted octanol–water partition coefficient (Wildman–Crippen LogP) is 3.13. The van der Waals surface area contributed by atoms with Crippen LogP contribution in [0.1, 0.15) is 43.3 Å². The lowest BCUT2D eigenvalue weighted by Crippen LogP contribution is -2.10. The third kappa shape index (κ3) is 2.37. The van der Waals surface area contributed by atoms with Crippen LogP contribution in [0.5, 0.6) is 5.75 Å². The fourth-order valence-electron chi connectivity index (χ4n) is 3.79. The van der Waals surface area contributed by atoms with Gasteiger partial charge in [-0.2, -0.15) is 4.98 Å². The minimum atomic E-state index is 0.266. The molecule has 2 fully saturated rings. The molecule has 0 amide bonds. The molecule has 3 atom stereocenters. The van der Waals surface area contributed by atoms with Crippen molar-refractivity contribution >= 4 is 5.69 Å². The van der Waals surface area contributed by atoms with E-state index in [0.717, 1.165) is 17.7 Å². The maximum Gasteiger partial charge on any atom is 0.264 e. The molecule has 4 rings (SSSR count). The summed E-state index contributed by atoms with van der Waals surface area (Å²) in [5.74, 6) is 4.16. The van der Waals surface area contributed by atoms with Crippen molar-refractivity contribution in [1.29, 1.82) is 0 Å². The second-order valence-electron chi connectivity index (χ2n) is 6.15. The van der Waals surface area contributed by atoms with Crippen LogP contribution in [0.3, 0.4) is 0 Å². The molecule has 3 unspecified atom stereocenters. The molecule has 0 radical (unpaired) electrons. The Bertz CT molecular complexity index is 640. The van der Waals surface area contributed by atoms with Crippen molar-refractivity contribution in [1.82, 2.24) is 10.1 Å². The summed E-state index contributed by atoms with van der Waals surface area (Å²) in [7, 11) is 0. The fraction of sp³-hybridized carbons (Fsp3) is 0.500. The second-order valence-corrected chi connectivity index (χ2v) is 6.15. The minimum absolute atomic E-state index is 0.266. The highest BCUT2D eigenvalue weighted by molar-refractivity contribution is 5.51. The summed E-state index contributed by atoms with van der Waals surface area (Å²) >= 11 is 0. The van der Waals surface area contributed by atoms with E-state index in [0.29, 0.717) is 23.2 Å². The molecule has 2 saturated carbocycles. The molecule has 110 valence electrons. The number of hydrogen-bond acceptors (Lipinski definition) is 5. The van der Waals surface area contributed by atoms with Crippen molar-refractivity contribution in [2.24, 2.45) is 11.8 Å². The number of para-hydroxylation sites is 2. The van der Waals surface area contributed by atoms with Crippen molar-refractivity contribution in [3.05, 3.63) is 36.0 Å². The van der Waals surface area contributed by atoms with Crippen LogP contribution < -0.4 is 10.5 Å². The van der Waals surface area contributed by atoms with Crippen LogP contribution in [0.2, 0.25) is 0 Å². The Hall–Kier alpha value is -2.04. The molecule has 5 heteroatoms. The molecule has 0 spiro atoms. The van der Waals surface area contributed by atoms with Gasteiger partial charge >= 0.3 is 0 Å². The summed E-state index contributed by atoms with van der Waals surface area (Å²) in [6.45, 7) is 0.266. The average Bonchev–Trinajstić information content (AvgIpc) is 3.22. The monoisotopic (exact) mass is 285 g/mol. The molecule has 2 aliphatic rings. The zero-order chi connectivity index (χ0) is 14.2. The van der Waals surface area contributed by atoms with Crippen LogP contribution in [-0.4, -0.2) is 10.1 Å². The van der Waals surface area contributed by atoms with Crippen molar-refractivity contribution in [3.63, 3.8) is 0 Å². The van der Waals surface area contributed by atoms with Gasteiger partial charge in [0.1, 0.15) is 5.75 Å². The molecule has 2 aliphatic carbocycles. The Morgan fingerprint density at radius 3 is 2.90 bits per heavy atom. The zero-order valence-electron chi connectivity index (χ0n) is 11.9. The van der Waals surface area contributed by atoms with Crippen molar-refractivity contribution in [2.45, 2.75) is 38.2 Å². The maximum atomic E-state index is 5.84. The fourth-order valence-corrected chi connectivity index (χ4v) is 3.79. The summed E-state index contributed by atoms with van der Waals surface area (Å²) in [5, 5.41) is 4.15. The molecule has 2 aromatic rings. The Morgan fingerprint density at radius 1 is 1.24 bits per heavy atom. The molecule has 21 heavy (non-hydrogen) atoms. The molecule has 2 N–H and O–H groups in total. The number of nitrogens with zero attached hydrogens (tertiary/aromatic N) is 2. The number of nitrogen functional groups attached to an aromatic ring is 1. The highest BCUT2D eigenvalue weighted by atomic mass is 16.5. The summed E-state index contributed by atoms with van der Waals surface area (Å²) in [6, 6.07) is 7.41. The molecule has 1 aromatic heterocycles. The van der Waals surface area contributed by atoms with Gasteiger partial charge in [-0.05, 0) is 43.2 Å². The number of ether oxygens (including phenoxy) is 1. The lowest BCUT2D eigenvalue weighted by molar-refractivity contribution is 0.243. The zero-order valence-corrected chi connectivity index (χ0v) is 11.9. The molecular formula is C16H19N3O2. The third-order valence-electron chi connectivity index (χ3n) is 4.82. The first-order valence-electron chi connectivity index (χ1n) is 7.59. The molecule has 1 aromatic carbocycles. The Kier molecular flexibility index (Phi) is 3.05. The van der Waals surface area contributed by atoms with Gasteiger partial charge in [-0.1, -0.05) is 23.7 Å². The van der Waals surface area contributed by atoms with Crippen molar-refractivity contribution in [2.75, 3.05) is 5.73 Å². The SMILES string of the molecule is Nc1ccccc1OCc1nc(C2CC3CCC2C3)no1. The smallest absolute Gasteiger partial charge is 0.264 e. The van der Waals surface area contributed by atoms with Gasteiger partial charge in [0, 0.05) is 5.92 Å². The Labute approximate surface area is 123 Å². The van der Waals surface area contributed by atoms with Gasteiger partial charge in [0.15, 0.2) is 12.4 Å². The van der Waals surface area contributed by atoms with Crippen molar-refractivity contribution in [3.8, 4) is 5.75 Å². The van der Waals surface area contributed by atoms with Crippen LogP contribution in [0.4, 0.5) is 5.69 Å². The number of hydrogen-bond donors (Lipinski definition) is 1. The predicted molar refractivity (Wildman–Crippen MR) is 77.7 cm³/mol. The second kappa shape index (κ2) is 5.06. The highest BCUT2D eigenvalue weighted by Crippen LogP contribution is 2.52. The van der Waals surface area contributed by atoms with Gasteiger partial charge in [0.2, 0.25) is 0 Å². The van der Waals surface area contributed by atoms with Gasteiger partial charge in [-0.25, -0.2) is 0 Å². The lowest BCUT2D eigenvalue weighted by atomic mass is 9.88. The van der Waals surface area contributed by atoms with Gasteiger partial charge in [0.05, 0.1) is 5.69 Å². The van der Waals surface area contributed by atoms with E-state index in [-0.39, 0.29) is 6.61 Å². The topological polar surface area (TPSA) is 74.2 Å². The third-order valence-corrected chi connectivity index (χ3v) is 4.82. The standard InChI is InChI=1S/C16H19N3O2/c17-13-3-1-2-4-14(13)20-9-15-18-16(19-21-15)12-8-10-5-6-11(12)7-10/h1-4,10-12H,5-9,17H2. The molecule has 2 bridgehead atoms. The van der Waals surface area contributed by atoms with E-state index in [9.17, 15) is 0 Å². The van der Waals surface area contributed by atoms with Crippen molar-refractivity contribution < 1.29 is 9.26 Å². The normalized spacial score (nSPS) is 27.1. The summed E-state index contributed by atoms with van der Waals surface area (Å²) < 4.78 is 11.0. The quantitative estimate of drug-likeness (QED) is 0.873. The number of fused-ring (bicyclic) bond motifs is 2. The maximum absolute atomic E-state index is 5.84. The van der Waals surface area contributed by atoms with E-state index in [1.165, 1.54) is 25.7 Å². The van der Waals surface area contributed by atoms with Gasteiger partial charge in [0.25, 0.3) is 5.89 Å². The van der Waals surface area contributed by atoms with Crippen LogP contribution in [0, 0.1) is 11.8 Å². The van der Waals surface area contributed by atoms with Crippen LogP contribution in [0.25, 0.3) is 0 Å². The minimum Gasteiger partial charge on any atom is -0.482 e. The van der Waals surface area contributed by atoms with E-state index in [4.69, 9.17) is 15.0 Å². The van der Waals surface area contributed by atoms with Crippen LogP contribution in [0.15, 0.2) is 28.8 Å². The summed E-state index contributed by atoms with van der Waals surface area (Å²) in [6.07, 6.45) is 5.25. The molecule has 0 aliphatic heterocycles. The number of rotatable bonds is 4. The lowest BCUT2D eigenvalue weighted by Gasteiger charge is -2.17. The Morgan fingerprint density at radius 2 is 2.14 bits per heavy atom. The van der Waals surface area contributed by atoms with E-state index < -0.39 is 0 Å². The largest absolute Gasteiger partial charge is 0.482 e. The first-order valence-corrected chi connectivity index (χ1v) is 7.59. The van der Waals surface area contributed by atoms with Crippen LogP contribution >= 0.6 is 0 Å². The summed E-state index contributed by atoms with van der Waals surface area (Å²) in [4.78, 5) is 4.51. The highest BCUT2D eigenvalue weighted by Gasteiger charge is 2.42. The molecular weight excluding hydrogens is 266 g/mol.